The Morgan fingerprint density at radius 2 is 0.718 bits per heavy atom. The van der Waals surface area contributed by atoms with Crippen molar-refractivity contribution in [1.82, 2.24) is 49.8 Å². The molecule has 9 heterocycles. The van der Waals surface area contributed by atoms with Crippen molar-refractivity contribution >= 4 is 153 Å². The van der Waals surface area contributed by atoms with Crippen molar-refractivity contribution < 1.29 is 124 Å². The number of hydrogen-bond acceptors (Lipinski definition) is 38. The molecule has 45 nitrogen and oxygen atoms in total. The summed E-state index contributed by atoms with van der Waals surface area (Å²) in [4.78, 5) is 181. The number of ether oxygens (including phenoxy) is 10. The number of aromatic nitrogens is 9. The van der Waals surface area contributed by atoms with Gasteiger partial charge in [0, 0.05) is 7.11 Å². The predicted octanol–water partition coefficient (Wildman–Crippen LogP) is 3.11. The number of thiazole rings is 3. The van der Waals surface area contributed by atoms with E-state index in [1.165, 1.54) is 48.5 Å². The summed E-state index contributed by atoms with van der Waals surface area (Å²) in [6.45, 7) is 3.31. The van der Waals surface area contributed by atoms with E-state index >= 15 is 0 Å². The average Bonchev–Trinajstić information content (AvgIpc) is 1.60. The first-order valence-electron chi connectivity index (χ1n) is 33.1. The van der Waals surface area contributed by atoms with Crippen molar-refractivity contribution in [2.45, 2.75) is 88.0 Å². The summed E-state index contributed by atoms with van der Waals surface area (Å²) in [7, 11) is -12.1. The molecule has 3 saturated heterocycles. The number of aromatic amines is 3. The molecule has 632 valence electrons. The van der Waals surface area contributed by atoms with Crippen LogP contribution in [-0.4, -0.2) is 203 Å². The minimum atomic E-state index is -4.76. The number of halogens is 2. The number of nitrogens with one attached hydrogen (secondary N) is 3. The van der Waals surface area contributed by atoms with E-state index in [1.54, 1.807) is 86.6 Å². The zero-order valence-electron chi connectivity index (χ0n) is 60.5. The molecule has 53 heteroatoms. The van der Waals surface area contributed by atoms with E-state index in [1.807, 2.05) is 0 Å². The van der Waals surface area contributed by atoms with E-state index < -0.39 is 171 Å². The third-order valence-electron chi connectivity index (χ3n) is 15.6. The number of rotatable bonds is 24. The van der Waals surface area contributed by atoms with E-state index in [4.69, 9.17) is 112 Å². The van der Waals surface area contributed by atoms with Gasteiger partial charge in [-0.1, -0.05) is 107 Å². The number of aliphatic hydroxyl groups is 3. The summed E-state index contributed by atoms with van der Waals surface area (Å²) in [6.07, 6.45) is -22.2. The highest BCUT2D eigenvalue weighted by molar-refractivity contribution is 7.53. The second-order valence-corrected chi connectivity index (χ2v) is 32.3. The van der Waals surface area contributed by atoms with Crippen LogP contribution in [0, 0.1) is 0 Å². The van der Waals surface area contributed by atoms with Gasteiger partial charge in [-0.2, -0.15) is 15.0 Å². The summed E-state index contributed by atoms with van der Waals surface area (Å²) < 4.78 is 105. The minimum absolute atomic E-state index is 0. The summed E-state index contributed by atoms with van der Waals surface area (Å²) in [5.41, 5.74) is 14.8. The lowest BCUT2D eigenvalue weighted by atomic mass is 10.1. The second-order valence-electron chi connectivity index (χ2n) is 23.4. The number of H-pyrrole nitrogens is 3. The van der Waals surface area contributed by atoms with Crippen LogP contribution in [0.25, 0.3) is 31.0 Å². The van der Waals surface area contributed by atoms with Gasteiger partial charge in [-0.15, -0.1) is 23.2 Å². The molecule has 117 heavy (non-hydrogen) atoms. The third kappa shape index (κ3) is 23.1. The summed E-state index contributed by atoms with van der Waals surface area (Å²) in [6, 6.07) is 31.3. The van der Waals surface area contributed by atoms with Gasteiger partial charge in [0.2, 0.25) is 30.4 Å². The molecule has 0 bridgehead atoms. The number of carbonyl (C=O) groups is 4. The molecule has 3 aliphatic rings. The van der Waals surface area contributed by atoms with Gasteiger partial charge in [0.05, 0.1) is 40.8 Å². The Balaban J connectivity index is 0.000000219. The molecular formula is C64H72Cl2N13O32P3S3. The van der Waals surface area contributed by atoms with Gasteiger partial charge in [0.15, 0.2) is 85.4 Å². The number of aliphatic hydroxyl groups excluding tert-OH is 3. The highest BCUT2D eigenvalue weighted by atomic mass is 35.5. The lowest BCUT2D eigenvalue weighted by Gasteiger charge is -2.25. The Morgan fingerprint density at radius 3 is 1.01 bits per heavy atom. The predicted molar refractivity (Wildman–Crippen MR) is 416 cm³/mol. The van der Waals surface area contributed by atoms with Crippen molar-refractivity contribution in [2.24, 2.45) is 0 Å². The quantitative estimate of drug-likeness (QED) is 0.0179. The van der Waals surface area contributed by atoms with Gasteiger partial charge in [-0.05, 0) is 62.4 Å². The average molecular weight is 1800 g/mol. The van der Waals surface area contributed by atoms with Crippen LogP contribution >= 0.6 is 80.0 Å². The number of anilines is 3. The number of nitrogen functional groups attached to an aromatic ring is 3. The Bertz CT molecular complexity index is 5630. The molecule has 13 rings (SSSR count). The van der Waals surface area contributed by atoms with Crippen molar-refractivity contribution in [3.8, 4) is 0 Å². The number of fused-ring (bicyclic) bond motifs is 3. The van der Waals surface area contributed by atoms with Gasteiger partial charge in [0.25, 0.3) is 16.7 Å². The Kier molecular flexibility index (Phi) is 32.8. The Morgan fingerprint density at radius 1 is 0.453 bits per heavy atom. The summed E-state index contributed by atoms with van der Waals surface area (Å²) >= 11 is 11.1. The standard InChI is InChI=1S/C28H29N4O11PS.C24H21N4O11PS.C10H13N4O9PS.CH2Cl2.CH4O.H3N/c1-3-39-44(37,40-4-2)15-38-26-19(42-25(35)17-13-9-6-10-14-17)18(41-24(34)16-11-7-5-8-12-16)23(43-26)32-21-20(45-28(32)36)22(33)31-27(29)30-21;25-23-26-17-16(18(29)27-23)41-24(32)28(17)19-14(37-20(30)12-7-3-1-4-8-12)15(22(39-19)36-11-40(33,34)35)38-21(31)13-9-5-2-6-10-13;11-9-12-5-4(6(17)13-9)25-10(18)14(5)7-2(15)3(16)8(23-7)22-1-24(19,20)21;2-1-3;1-2;/h5-14,18-19,23,26H,3-4,15H2,1-2H3,(H3,29,30,31,33);1-10,14-15,19,22H,11H2,(H2,33,34,35)(H3,25,26,27,29);2-3,7-8,15-16H,1H2,(H2,19,20,21)(H3,11,12,13,17);1H2;2H,1H3;1H3/t18-,19+,23-,26+;14-,15+,19-,22+;2-,3+,7-,8+;;;/m111.../s1. The molecule has 12 atom stereocenters. The van der Waals surface area contributed by atoms with Gasteiger partial charge in [0.1, 0.15) is 26.3 Å². The number of carbonyl (C=O) groups excluding carboxylic acids is 4. The number of benzene rings is 4. The van der Waals surface area contributed by atoms with Crippen LogP contribution in [0.3, 0.4) is 0 Å². The molecule has 0 radical (unpaired) electrons. The summed E-state index contributed by atoms with van der Waals surface area (Å²) in [5, 5.41) is 27.2. The van der Waals surface area contributed by atoms with E-state index in [2.05, 4.69) is 29.9 Å². The highest BCUT2D eigenvalue weighted by Crippen LogP contribution is 2.50. The maximum absolute atomic E-state index is 13.3. The van der Waals surface area contributed by atoms with Crippen molar-refractivity contribution in [3.05, 3.63) is 204 Å². The van der Waals surface area contributed by atoms with E-state index in [9.17, 15) is 81.6 Å². The molecule has 3 fully saturated rings. The normalized spacial score (nSPS) is 20.9. The van der Waals surface area contributed by atoms with Gasteiger partial charge in [-0.25, -0.2) is 19.2 Å². The van der Waals surface area contributed by atoms with Crippen LogP contribution in [0.5, 0.6) is 0 Å². The lowest BCUT2D eigenvalue weighted by molar-refractivity contribution is -0.169. The molecule has 6 aromatic heterocycles. The second kappa shape index (κ2) is 41.3. The first-order chi connectivity index (χ1) is 55.1. The maximum atomic E-state index is 13.3. The first-order valence-corrected chi connectivity index (χ1v) is 42.0. The number of hydrogen-bond donors (Lipinski definition) is 14. The number of nitrogens with two attached hydrogens (primary N) is 3. The fraction of sp³-hybridized carbons (Fsp3) is 0.328. The van der Waals surface area contributed by atoms with Crippen molar-refractivity contribution in [3.63, 3.8) is 0 Å². The van der Waals surface area contributed by atoms with Gasteiger partial charge >= 0.3 is 61.3 Å². The molecule has 3 aliphatic heterocycles. The van der Waals surface area contributed by atoms with Gasteiger partial charge < -0.3 is 115 Å². The zero-order valence-corrected chi connectivity index (χ0v) is 67.1. The zero-order chi connectivity index (χ0) is 84.7. The van der Waals surface area contributed by atoms with Crippen LogP contribution in [0.2, 0.25) is 0 Å². The minimum Gasteiger partial charge on any atom is -0.450 e. The Labute approximate surface area is 676 Å². The SMILES string of the molecule is CCOP(=O)(CO[C@H]1O[C@@H](n2c(=O)sc3c(=O)[nH]c(N)nc32)[C@H](OC(=O)c2ccccc2)[C@@H]1OC(=O)c1ccccc1)OCC.CO.ClCCl.N.Nc1nc2c(sc(=O)n2[C@@H]2O[C@H](OCP(=O)(O)O)[C@@H](O)[C@H]2O)c(=O)[nH]1.Nc1nc2c(sc(=O)n2[C@@H]2O[C@H](OCP(=O)(O)O)[C@@H](OC(=O)c3ccccc3)[C@H]2OC(=O)c2ccccc2)c(=O)[nH]1. The Hall–Kier alpha value is -9.50. The molecule has 4 aromatic carbocycles. The van der Waals surface area contributed by atoms with E-state index in [-0.39, 0.29) is 95.8 Å². The molecule has 19 N–H and O–H groups in total. The van der Waals surface area contributed by atoms with Crippen LogP contribution < -0.4 is 54.6 Å². The van der Waals surface area contributed by atoms with Crippen LogP contribution in [0.15, 0.2) is 150 Å². The summed E-state index contributed by atoms with van der Waals surface area (Å²) in [5.74, 6) is -4.38. The highest BCUT2D eigenvalue weighted by Gasteiger charge is 2.56. The fourth-order valence-electron chi connectivity index (χ4n) is 11.0. The fourth-order valence-corrected chi connectivity index (χ4v) is 15.5. The molecule has 0 unspecified atom stereocenters. The molecule has 0 spiro atoms. The number of esters is 4. The maximum Gasteiger partial charge on any atom is 0.356 e. The van der Waals surface area contributed by atoms with Crippen LogP contribution in [0.1, 0.15) is 74.0 Å². The smallest absolute Gasteiger partial charge is 0.356 e. The monoisotopic (exact) mass is 1790 g/mol. The number of nitrogens with zero attached hydrogens (tertiary/aromatic N) is 6. The number of alkyl halides is 2. The topological polar surface area (TPSA) is 688 Å². The molecule has 10 aromatic rings. The molecule has 0 amide bonds. The molecular weight excluding hydrogens is 1720 g/mol. The van der Waals surface area contributed by atoms with Crippen molar-refractivity contribution in [1.29, 1.82) is 0 Å². The van der Waals surface area contributed by atoms with E-state index in [0.29, 0.717) is 34.0 Å². The van der Waals surface area contributed by atoms with Crippen molar-refractivity contribution in [2.75, 3.05) is 61.9 Å². The van der Waals surface area contributed by atoms with Crippen LogP contribution in [0.4, 0.5) is 17.8 Å². The molecule has 0 saturated carbocycles. The van der Waals surface area contributed by atoms with Gasteiger partial charge in [-0.3, -0.25) is 71.1 Å². The largest absolute Gasteiger partial charge is 0.450 e. The molecule has 0 aliphatic carbocycles. The first kappa shape index (κ1) is 93.0. The van der Waals surface area contributed by atoms with E-state index in [0.717, 1.165) is 20.8 Å². The third-order valence-corrected chi connectivity index (χ3v) is 21.2. The lowest BCUT2D eigenvalue weighted by Crippen LogP contribution is -2.41. The van der Waals surface area contributed by atoms with Crippen LogP contribution in [-0.2, 0) is 70.1 Å².